The molecule has 0 aliphatic heterocycles. The zero-order valence-corrected chi connectivity index (χ0v) is 18.8. The zero-order valence-electron chi connectivity index (χ0n) is 18.8. The van der Waals surface area contributed by atoms with Crippen LogP contribution in [0.1, 0.15) is 53.4 Å². The van der Waals surface area contributed by atoms with Gasteiger partial charge in [-0.25, -0.2) is 9.97 Å². The molecule has 30 heavy (non-hydrogen) atoms. The number of anilines is 1. The van der Waals surface area contributed by atoms with Crippen LogP contribution in [-0.2, 0) is 0 Å². The van der Waals surface area contributed by atoms with Crippen LogP contribution < -0.4 is 21.6 Å². The largest absolute Gasteiger partial charge is 0.507 e. The first kappa shape index (κ1) is 23.6. The number of nitrogens with one attached hydrogen (secondary N) is 1. The summed E-state index contributed by atoms with van der Waals surface area (Å²) in [6.07, 6.45) is 10.6. The van der Waals surface area contributed by atoms with Gasteiger partial charge in [0.05, 0.1) is 10.9 Å². The van der Waals surface area contributed by atoms with Crippen molar-refractivity contribution in [3.63, 3.8) is 0 Å². The average Bonchev–Trinajstić information content (AvgIpc) is 2.95. The van der Waals surface area contributed by atoms with Crippen LogP contribution in [-0.4, -0.2) is 28.2 Å². The first-order valence-corrected chi connectivity index (χ1v) is 11.1. The highest BCUT2D eigenvalue weighted by Crippen LogP contribution is 2.25. The minimum Gasteiger partial charge on any atom is -0.507 e. The number of unbranched alkanes of at least 4 members (excludes halogenated alkanes) is 1. The van der Waals surface area contributed by atoms with Gasteiger partial charge in [0.25, 0.3) is 0 Å². The number of aromatic hydroxyl groups is 1. The molecule has 0 amide bonds. The number of hydrogen-bond donors (Lipinski definition) is 3. The fourth-order valence-corrected chi connectivity index (χ4v) is 3.30. The maximum Gasteiger partial charge on any atom is 0.165 e. The van der Waals surface area contributed by atoms with E-state index in [2.05, 4.69) is 37.4 Å². The molecule has 1 heterocycles. The Morgan fingerprint density at radius 3 is 2.63 bits per heavy atom. The van der Waals surface area contributed by atoms with Crippen molar-refractivity contribution in [2.75, 3.05) is 18.4 Å². The van der Waals surface area contributed by atoms with Gasteiger partial charge in [-0.1, -0.05) is 57.0 Å². The molecule has 5 nitrogen and oxygen atoms in total. The molecule has 4 N–H and O–H groups in total. The van der Waals surface area contributed by atoms with Crippen molar-refractivity contribution in [1.29, 1.82) is 0 Å². The summed E-state index contributed by atoms with van der Waals surface area (Å²) < 4.78 is 0. The van der Waals surface area contributed by atoms with E-state index in [0.29, 0.717) is 17.3 Å². The molecule has 1 aliphatic carbocycles. The van der Waals surface area contributed by atoms with E-state index < -0.39 is 0 Å². The Morgan fingerprint density at radius 2 is 1.90 bits per heavy atom. The number of hydrogen-bond acceptors (Lipinski definition) is 5. The molecule has 0 saturated heterocycles. The van der Waals surface area contributed by atoms with Crippen LogP contribution in [0.5, 0.6) is 5.75 Å². The molecule has 1 aromatic heterocycles. The van der Waals surface area contributed by atoms with Gasteiger partial charge in [0.15, 0.2) is 5.82 Å². The first-order valence-electron chi connectivity index (χ1n) is 11.1. The van der Waals surface area contributed by atoms with Crippen molar-refractivity contribution >= 4 is 18.0 Å². The smallest absolute Gasteiger partial charge is 0.165 e. The summed E-state index contributed by atoms with van der Waals surface area (Å²) in [6, 6.07) is 7.20. The predicted molar refractivity (Wildman–Crippen MR) is 128 cm³/mol. The minimum absolute atomic E-state index is 0.189. The highest BCUT2D eigenvalue weighted by Gasteiger charge is 2.11. The molecule has 1 aliphatic rings. The van der Waals surface area contributed by atoms with Crippen LogP contribution in [0.25, 0.3) is 23.5 Å². The van der Waals surface area contributed by atoms with Gasteiger partial charge in [-0.15, -0.1) is 0 Å². The molecule has 2 aromatic rings. The highest BCUT2D eigenvalue weighted by molar-refractivity contribution is 5.66. The number of allylic oxidation sites excluding steroid dienone is 2. The molecule has 162 valence electrons. The molecule has 1 atom stereocenters. The monoisotopic (exact) mass is 408 g/mol. The Kier molecular flexibility index (Phi) is 9.55. The summed E-state index contributed by atoms with van der Waals surface area (Å²) in [5.74, 6) is 2.12. The van der Waals surface area contributed by atoms with Crippen LogP contribution in [0.3, 0.4) is 0 Å². The SMILES string of the molecule is CC.CC1=CCC=c2c(NCCCCC(C)CN)nc(-c3ccccc3O)nc2=C1. The van der Waals surface area contributed by atoms with Crippen molar-refractivity contribution in [1.82, 2.24) is 9.97 Å². The Balaban J connectivity index is 0.00000155. The van der Waals surface area contributed by atoms with Gasteiger partial charge in [0, 0.05) is 11.8 Å². The second-order valence-electron chi connectivity index (χ2n) is 7.51. The van der Waals surface area contributed by atoms with Crippen LogP contribution in [0.4, 0.5) is 5.82 Å². The molecular weight excluding hydrogens is 372 g/mol. The summed E-state index contributed by atoms with van der Waals surface area (Å²) in [7, 11) is 0. The first-order chi connectivity index (χ1) is 14.6. The molecule has 0 fully saturated rings. The maximum atomic E-state index is 10.2. The van der Waals surface area contributed by atoms with E-state index in [-0.39, 0.29) is 5.75 Å². The van der Waals surface area contributed by atoms with Crippen LogP contribution in [0.2, 0.25) is 0 Å². The number of benzene rings is 1. The number of fused-ring (bicyclic) bond motifs is 1. The molecule has 0 spiro atoms. The lowest BCUT2D eigenvalue weighted by atomic mass is 10.0. The quantitative estimate of drug-likeness (QED) is 0.576. The van der Waals surface area contributed by atoms with E-state index in [0.717, 1.165) is 55.2 Å². The van der Waals surface area contributed by atoms with Crippen molar-refractivity contribution in [2.24, 2.45) is 11.7 Å². The number of aromatic nitrogens is 2. The number of nitrogens with two attached hydrogens (primary N) is 1. The van der Waals surface area contributed by atoms with E-state index in [9.17, 15) is 5.11 Å². The van der Waals surface area contributed by atoms with E-state index in [1.54, 1.807) is 12.1 Å². The Labute approximate surface area is 180 Å². The third-order valence-electron chi connectivity index (χ3n) is 5.06. The molecule has 1 unspecified atom stereocenters. The van der Waals surface area contributed by atoms with E-state index >= 15 is 0 Å². The number of nitrogens with zero attached hydrogens (tertiary/aromatic N) is 2. The van der Waals surface area contributed by atoms with Gasteiger partial charge in [0.1, 0.15) is 11.6 Å². The van der Waals surface area contributed by atoms with Crippen molar-refractivity contribution < 1.29 is 5.11 Å². The van der Waals surface area contributed by atoms with Gasteiger partial charge in [0.2, 0.25) is 0 Å². The summed E-state index contributed by atoms with van der Waals surface area (Å²) in [6.45, 7) is 9.86. The highest BCUT2D eigenvalue weighted by atomic mass is 16.3. The zero-order chi connectivity index (χ0) is 21.9. The number of phenols is 1. The summed E-state index contributed by atoms with van der Waals surface area (Å²) in [5, 5.41) is 15.7. The molecule has 0 radical (unpaired) electrons. The van der Waals surface area contributed by atoms with Crippen molar-refractivity contribution in [2.45, 2.75) is 53.4 Å². The third-order valence-corrected chi connectivity index (χ3v) is 5.06. The number of rotatable bonds is 8. The topological polar surface area (TPSA) is 84.1 Å². The van der Waals surface area contributed by atoms with E-state index in [1.165, 1.54) is 5.57 Å². The standard InChI is InChI=1S/C23H30N4O.C2H6/c1-16-9-7-11-18-20(14-16)26-23(19-10-3-4-12-21(19)28)27-22(18)25-13-6-5-8-17(2)15-24;1-2/h3-4,9-12,14,17,28H,5-8,13,15,24H2,1-2H3,(H,25,26,27);1-2H3. The second-order valence-corrected chi connectivity index (χ2v) is 7.51. The van der Waals surface area contributed by atoms with Crippen LogP contribution in [0.15, 0.2) is 35.9 Å². The molecule has 0 bridgehead atoms. The Hall–Kier alpha value is -2.66. The summed E-state index contributed by atoms with van der Waals surface area (Å²) in [5.41, 5.74) is 7.52. The van der Waals surface area contributed by atoms with E-state index in [1.807, 2.05) is 26.0 Å². The Bertz CT molecular complexity index is 966. The maximum absolute atomic E-state index is 10.2. The van der Waals surface area contributed by atoms with Gasteiger partial charge in [-0.2, -0.15) is 0 Å². The molecule has 1 aromatic carbocycles. The lowest BCUT2D eigenvalue weighted by Crippen LogP contribution is -2.33. The van der Waals surface area contributed by atoms with E-state index in [4.69, 9.17) is 15.7 Å². The molecule has 3 rings (SSSR count). The predicted octanol–water partition coefficient (Wildman–Crippen LogP) is 3.96. The molecule has 5 heteroatoms. The lowest BCUT2D eigenvalue weighted by molar-refractivity contribution is 0.477. The normalized spacial score (nSPS) is 13.4. The second kappa shape index (κ2) is 12.1. The van der Waals surface area contributed by atoms with Gasteiger partial charge in [-0.3, -0.25) is 0 Å². The Morgan fingerprint density at radius 1 is 1.13 bits per heavy atom. The lowest BCUT2D eigenvalue weighted by Gasteiger charge is -2.11. The van der Waals surface area contributed by atoms with Crippen LogP contribution >= 0.6 is 0 Å². The van der Waals surface area contributed by atoms with Gasteiger partial charge >= 0.3 is 0 Å². The van der Waals surface area contributed by atoms with Gasteiger partial charge < -0.3 is 16.2 Å². The van der Waals surface area contributed by atoms with Crippen molar-refractivity contribution in [3.05, 3.63) is 46.5 Å². The molecule has 0 saturated carbocycles. The number of para-hydroxylation sites is 1. The van der Waals surface area contributed by atoms with Crippen LogP contribution in [0, 0.1) is 5.92 Å². The number of phenolic OH excluding ortho intramolecular Hbond substituents is 1. The fraction of sp³-hybridized carbons (Fsp3) is 0.440. The minimum atomic E-state index is 0.189. The average molecular weight is 409 g/mol. The fourth-order valence-electron chi connectivity index (χ4n) is 3.30. The third kappa shape index (κ3) is 6.42. The summed E-state index contributed by atoms with van der Waals surface area (Å²) >= 11 is 0. The molecular formula is C25H36N4O. The van der Waals surface area contributed by atoms with Crippen molar-refractivity contribution in [3.8, 4) is 17.1 Å². The summed E-state index contributed by atoms with van der Waals surface area (Å²) in [4.78, 5) is 9.50. The van der Waals surface area contributed by atoms with Gasteiger partial charge in [-0.05, 0) is 56.9 Å².